The molecule has 10 heteroatoms. The molecule has 0 aliphatic heterocycles. The summed E-state index contributed by atoms with van der Waals surface area (Å²) in [6, 6.07) is 11.4. The molecular weight excluding hydrogens is 444 g/mol. The summed E-state index contributed by atoms with van der Waals surface area (Å²) in [5.74, 6) is 2.42. The molecule has 0 unspecified atom stereocenters. The smallest absolute Gasteiger partial charge is 0.229 e. The number of aromatic nitrogens is 4. The van der Waals surface area contributed by atoms with E-state index in [9.17, 15) is 0 Å². The van der Waals surface area contributed by atoms with Crippen LogP contribution in [0, 0.1) is 6.92 Å². The first-order valence-electron chi connectivity index (χ1n) is 11.3. The van der Waals surface area contributed by atoms with E-state index in [1.165, 1.54) is 0 Å². The lowest BCUT2D eigenvalue weighted by Gasteiger charge is -2.24. The van der Waals surface area contributed by atoms with Gasteiger partial charge in [-0.15, -0.1) is 0 Å². The second kappa shape index (κ2) is 10.1. The number of benzene rings is 2. The minimum atomic E-state index is 0.401. The van der Waals surface area contributed by atoms with Crippen LogP contribution in [0.1, 0.15) is 5.69 Å². The first-order valence-corrected chi connectivity index (χ1v) is 11.3. The van der Waals surface area contributed by atoms with E-state index in [0.29, 0.717) is 28.9 Å². The zero-order chi connectivity index (χ0) is 25.1. The monoisotopic (exact) mass is 476 g/mol. The summed E-state index contributed by atoms with van der Waals surface area (Å²) >= 11 is 0. The number of nitrogens with zero attached hydrogens (tertiary/aromatic N) is 6. The third kappa shape index (κ3) is 5.07. The predicted molar refractivity (Wildman–Crippen MR) is 140 cm³/mol. The Morgan fingerprint density at radius 2 is 1.83 bits per heavy atom. The van der Waals surface area contributed by atoms with Gasteiger partial charge in [-0.05, 0) is 39.2 Å². The molecule has 0 radical (unpaired) electrons. The van der Waals surface area contributed by atoms with Gasteiger partial charge in [0, 0.05) is 49.9 Å². The summed E-state index contributed by atoms with van der Waals surface area (Å²) in [5.41, 5.74) is 10.4. The molecule has 0 bridgehead atoms. The fourth-order valence-corrected chi connectivity index (χ4v) is 3.85. The van der Waals surface area contributed by atoms with Gasteiger partial charge in [-0.3, -0.25) is 0 Å². The Morgan fingerprint density at radius 1 is 1.03 bits per heavy atom. The number of fused-ring (bicyclic) bond motifs is 1. The number of rotatable bonds is 9. The molecule has 35 heavy (non-hydrogen) atoms. The number of nitrogens with one attached hydrogen (secondary N) is 1. The lowest BCUT2D eigenvalue weighted by molar-refractivity contribution is 0.413. The van der Waals surface area contributed by atoms with Crippen LogP contribution in [0.2, 0.25) is 0 Å². The molecule has 0 aliphatic carbocycles. The normalized spacial score (nSPS) is 11.2. The van der Waals surface area contributed by atoms with Crippen LogP contribution >= 0.6 is 0 Å². The number of hydrogen-bond acceptors (Lipinski definition) is 9. The largest absolute Gasteiger partial charge is 0.497 e. The molecule has 3 N–H and O–H groups in total. The van der Waals surface area contributed by atoms with E-state index in [-0.39, 0.29) is 0 Å². The van der Waals surface area contributed by atoms with Gasteiger partial charge in [0.1, 0.15) is 11.5 Å². The molecule has 0 aliphatic rings. The van der Waals surface area contributed by atoms with Gasteiger partial charge in [0.2, 0.25) is 5.95 Å². The van der Waals surface area contributed by atoms with Gasteiger partial charge >= 0.3 is 0 Å². The van der Waals surface area contributed by atoms with Crippen LogP contribution in [-0.2, 0) is 0 Å². The third-order valence-electron chi connectivity index (χ3n) is 5.82. The number of aryl methyl sites for hydroxylation is 1. The highest BCUT2D eigenvalue weighted by atomic mass is 16.5. The average Bonchev–Trinajstić information content (AvgIpc) is 3.18. The molecule has 2 aromatic heterocycles. The van der Waals surface area contributed by atoms with E-state index in [1.54, 1.807) is 25.1 Å². The molecule has 4 rings (SSSR count). The summed E-state index contributed by atoms with van der Waals surface area (Å²) in [5, 5.41) is 8.96. The third-order valence-corrected chi connectivity index (χ3v) is 5.82. The van der Waals surface area contributed by atoms with Crippen molar-refractivity contribution in [2.45, 2.75) is 6.92 Å². The molecule has 0 saturated carbocycles. The van der Waals surface area contributed by atoms with Crippen LogP contribution in [0.5, 0.6) is 11.5 Å². The van der Waals surface area contributed by atoms with Crippen LogP contribution in [-0.4, -0.2) is 73.1 Å². The maximum absolute atomic E-state index is 6.40. The summed E-state index contributed by atoms with van der Waals surface area (Å²) in [6.07, 6.45) is 1.69. The zero-order valence-electron chi connectivity index (χ0n) is 21.0. The van der Waals surface area contributed by atoms with Crippen molar-refractivity contribution in [3.63, 3.8) is 0 Å². The minimum absolute atomic E-state index is 0.401. The van der Waals surface area contributed by atoms with Crippen molar-refractivity contribution in [3.05, 3.63) is 48.3 Å². The molecule has 184 valence electrons. The molecule has 4 aromatic rings. The van der Waals surface area contributed by atoms with E-state index in [0.717, 1.165) is 41.1 Å². The van der Waals surface area contributed by atoms with Crippen molar-refractivity contribution in [2.75, 3.05) is 64.4 Å². The molecule has 2 aromatic carbocycles. The summed E-state index contributed by atoms with van der Waals surface area (Å²) < 4.78 is 12.8. The Balaban J connectivity index is 1.65. The van der Waals surface area contributed by atoms with Crippen LogP contribution in [0.25, 0.3) is 16.7 Å². The predicted octanol–water partition coefficient (Wildman–Crippen LogP) is 3.46. The molecule has 0 spiro atoms. The number of likely N-dealkylation sites (N-methyl/N-ethyl adjacent to an activating group) is 2. The van der Waals surface area contributed by atoms with Crippen LogP contribution in [0.3, 0.4) is 0 Å². The van der Waals surface area contributed by atoms with Crippen molar-refractivity contribution < 1.29 is 9.47 Å². The second-order valence-electron chi connectivity index (χ2n) is 8.58. The number of nitrogens with two attached hydrogens (primary N) is 1. The number of methoxy groups -OCH3 is 2. The Labute approximate surface area is 205 Å². The van der Waals surface area contributed by atoms with Crippen LogP contribution < -0.4 is 25.4 Å². The fraction of sp³-hybridized carbons (Fsp3) is 0.320. The van der Waals surface area contributed by atoms with E-state index < -0.39 is 0 Å². The lowest BCUT2D eigenvalue weighted by Crippen LogP contribution is -2.29. The van der Waals surface area contributed by atoms with Crippen LogP contribution in [0.15, 0.2) is 42.6 Å². The molecule has 2 heterocycles. The molecular formula is C25H32N8O2. The highest BCUT2D eigenvalue weighted by Gasteiger charge is 2.15. The average molecular weight is 477 g/mol. The second-order valence-corrected chi connectivity index (χ2v) is 8.58. The molecule has 0 atom stereocenters. The standard InChI is InChI=1S/C25H32N8O2/c1-16-18-8-7-17(34-5)13-21(18)33(30-16)24-9-10-27-25(29-24)28-20-14-19(26)22(15-23(20)35-6)32(4)12-11-31(2)3/h7-10,13-15H,11-12,26H2,1-6H3,(H,27,28,29). The van der Waals surface area contributed by atoms with Crippen LogP contribution in [0.4, 0.5) is 23.0 Å². The maximum atomic E-state index is 6.40. The molecule has 10 nitrogen and oxygen atoms in total. The highest BCUT2D eigenvalue weighted by Crippen LogP contribution is 2.36. The van der Waals surface area contributed by atoms with Gasteiger partial charge in [-0.25, -0.2) is 9.67 Å². The van der Waals surface area contributed by atoms with Crippen molar-refractivity contribution in [2.24, 2.45) is 0 Å². The SMILES string of the molecule is COc1ccc2c(C)nn(-c3ccnc(Nc4cc(N)c(N(C)CCN(C)C)cc4OC)n3)c2c1. The molecule has 0 saturated heterocycles. The topological polar surface area (TPSA) is 107 Å². The van der Waals surface area contributed by atoms with Gasteiger partial charge in [0.05, 0.1) is 42.5 Å². The van der Waals surface area contributed by atoms with E-state index >= 15 is 0 Å². The van der Waals surface area contributed by atoms with Gasteiger partial charge in [-0.2, -0.15) is 10.1 Å². The van der Waals surface area contributed by atoms with E-state index in [4.69, 9.17) is 20.2 Å². The van der Waals surface area contributed by atoms with Gasteiger partial charge in [0.15, 0.2) is 5.82 Å². The molecule has 0 fully saturated rings. The number of ether oxygens (including phenoxy) is 2. The Hall–Kier alpha value is -4.05. The highest BCUT2D eigenvalue weighted by molar-refractivity contribution is 5.84. The number of hydrogen-bond donors (Lipinski definition) is 2. The van der Waals surface area contributed by atoms with Crippen molar-refractivity contribution in [1.82, 2.24) is 24.6 Å². The fourth-order valence-electron chi connectivity index (χ4n) is 3.85. The summed E-state index contributed by atoms with van der Waals surface area (Å²) in [4.78, 5) is 13.3. The minimum Gasteiger partial charge on any atom is -0.497 e. The van der Waals surface area contributed by atoms with E-state index in [1.807, 2.05) is 64.5 Å². The van der Waals surface area contributed by atoms with Crippen molar-refractivity contribution in [3.8, 4) is 17.3 Å². The maximum Gasteiger partial charge on any atom is 0.229 e. The quantitative estimate of drug-likeness (QED) is 0.351. The summed E-state index contributed by atoms with van der Waals surface area (Å²) in [6.45, 7) is 3.71. The van der Waals surface area contributed by atoms with Gasteiger partial charge in [-0.1, -0.05) is 0 Å². The first-order chi connectivity index (χ1) is 16.8. The van der Waals surface area contributed by atoms with Crippen molar-refractivity contribution in [1.29, 1.82) is 0 Å². The number of nitrogen functional groups attached to an aromatic ring is 1. The Bertz CT molecular complexity index is 1330. The Morgan fingerprint density at radius 3 is 2.54 bits per heavy atom. The van der Waals surface area contributed by atoms with E-state index in [2.05, 4.69) is 25.2 Å². The lowest BCUT2D eigenvalue weighted by atomic mass is 10.2. The summed E-state index contributed by atoms with van der Waals surface area (Å²) in [7, 11) is 9.38. The van der Waals surface area contributed by atoms with Crippen molar-refractivity contribution >= 4 is 33.9 Å². The first kappa shape index (κ1) is 24.1. The van der Waals surface area contributed by atoms with Gasteiger partial charge < -0.3 is 30.3 Å². The zero-order valence-corrected chi connectivity index (χ0v) is 21.0. The Kier molecular flexibility index (Phi) is 6.92. The number of anilines is 4. The molecule has 0 amide bonds. The van der Waals surface area contributed by atoms with Gasteiger partial charge in [0.25, 0.3) is 0 Å².